The van der Waals surface area contributed by atoms with Crippen molar-refractivity contribution in [3.63, 3.8) is 0 Å². The minimum atomic E-state index is -3.43. The van der Waals surface area contributed by atoms with Crippen LogP contribution in [0.1, 0.15) is 5.56 Å². The van der Waals surface area contributed by atoms with Crippen molar-refractivity contribution in [3.8, 4) is 0 Å². The van der Waals surface area contributed by atoms with E-state index in [0.717, 1.165) is 42.8 Å². The van der Waals surface area contributed by atoms with Crippen LogP contribution in [0, 0.1) is 6.92 Å². The highest BCUT2D eigenvalue weighted by atomic mass is 79.9. The van der Waals surface area contributed by atoms with Crippen molar-refractivity contribution in [2.45, 2.75) is 11.8 Å². The van der Waals surface area contributed by atoms with Crippen LogP contribution in [0.2, 0.25) is 0 Å². The maximum atomic E-state index is 12.2. The lowest BCUT2D eigenvalue weighted by atomic mass is 10.2. The van der Waals surface area contributed by atoms with Gasteiger partial charge >= 0.3 is 0 Å². The van der Waals surface area contributed by atoms with Gasteiger partial charge in [0.2, 0.25) is 10.0 Å². The van der Waals surface area contributed by atoms with Gasteiger partial charge in [-0.15, -0.1) is 0 Å². The lowest BCUT2D eigenvalue weighted by molar-refractivity contribution is 0.245. The smallest absolute Gasteiger partial charge is 0.240 e. The van der Waals surface area contributed by atoms with Gasteiger partial charge in [-0.2, -0.15) is 0 Å². The highest BCUT2D eigenvalue weighted by Crippen LogP contribution is 2.18. The number of rotatable bonds is 5. The summed E-state index contributed by atoms with van der Waals surface area (Å²) in [4.78, 5) is 2.57. The molecule has 0 atom stereocenters. The van der Waals surface area contributed by atoms with E-state index in [1.165, 1.54) is 0 Å². The quantitative estimate of drug-likeness (QED) is 0.819. The van der Waals surface area contributed by atoms with Crippen LogP contribution >= 0.6 is 15.9 Å². The average Bonchev–Trinajstić information content (AvgIpc) is 2.38. The van der Waals surface area contributed by atoms with Crippen LogP contribution in [-0.4, -0.2) is 52.6 Å². The fraction of sp³-hybridized carbons (Fsp3) is 0.538. The Balaban J connectivity index is 1.93. The first-order valence-corrected chi connectivity index (χ1v) is 8.95. The lowest BCUT2D eigenvalue weighted by Crippen LogP contribution is -2.46. The molecule has 5 nitrogen and oxygen atoms in total. The third-order valence-corrected chi connectivity index (χ3v) is 5.15. The average molecular weight is 362 g/mol. The van der Waals surface area contributed by atoms with Crippen molar-refractivity contribution in [1.29, 1.82) is 0 Å². The number of piperazine rings is 1. The number of sulfonamides is 1. The molecule has 1 heterocycles. The molecule has 1 aromatic rings. The summed E-state index contributed by atoms with van der Waals surface area (Å²) in [5, 5.41) is 3.27. The van der Waals surface area contributed by atoms with Gasteiger partial charge in [-0.25, -0.2) is 13.1 Å². The van der Waals surface area contributed by atoms with Crippen molar-refractivity contribution in [3.05, 3.63) is 28.2 Å². The van der Waals surface area contributed by atoms with Gasteiger partial charge in [-0.05, 0) is 30.7 Å². The SMILES string of the molecule is Cc1cc(Br)cc(S(=O)(=O)NCCN2CCNCC2)c1. The molecule has 20 heavy (non-hydrogen) atoms. The molecule has 7 heteroatoms. The van der Waals surface area contributed by atoms with Gasteiger partial charge < -0.3 is 5.32 Å². The highest BCUT2D eigenvalue weighted by molar-refractivity contribution is 9.10. The van der Waals surface area contributed by atoms with Gasteiger partial charge in [0, 0.05) is 43.7 Å². The number of halogens is 1. The fourth-order valence-corrected chi connectivity index (χ4v) is 4.12. The van der Waals surface area contributed by atoms with E-state index in [1.807, 2.05) is 13.0 Å². The van der Waals surface area contributed by atoms with Gasteiger partial charge in [0.05, 0.1) is 4.90 Å². The van der Waals surface area contributed by atoms with Crippen molar-refractivity contribution in [2.75, 3.05) is 39.3 Å². The van der Waals surface area contributed by atoms with E-state index in [-0.39, 0.29) is 0 Å². The monoisotopic (exact) mass is 361 g/mol. The Kier molecular flexibility index (Phi) is 5.57. The number of aryl methyl sites for hydroxylation is 1. The molecule has 0 spiro atoms. The summed E-state index contributed by atoms with van der Waals surface area (Å²) >= 11 is 3.33. The molecular formula is C13H20BrN3O2S. The number of nitrogens with one attached hydrogen (secondary N) is 2. The zero-order chi connectivity index (χ0) is 14.6. The molecule has 1 fully saturated rings. The molecule has 112 valence electrons. The molecule has 0 aliphatic carbocycles. The Morgan fingerprint density at radius 3 is 2.65 bits per heavy atom. The van der Waals surface area contributed by atoms with E-state index >= 15 is 0 Å². The van der Waals surface area contributed by atoms with E-state index in [0.29, 0.717) is 11.4 Å². The number of nitrogens with zero attached hydrogens (tertiary/aromatic N) is 1. The van der Waals surface area contributed by atoms with Crippen molar-refractivity contribution < 1.29 is 8.42 Å². The van der Waals surface area contributed by atoms with Gasteiger partial charge in [-0.3, -0.25) is 4.90 Å². The van der Waals surface area contributed by atoms with Crippen molar-refractivity contribution in [1.82, 2.24) is 14.9 Å². The highest BCUT2D eigenvalue weighted by Gasteiger charge is 2.16. The van der Waals surface area contributed by atoms with Crippen LogP contribution < -0.4 is 10.0 Å². The van der Waals surface area contributed by atoms with Crippen LogP contribution in [0.15, 0.2) is 27.6 Å². The van der Waals surface area contributed by atoms with Crippen LogP contribution in [-0.2, 0) is 10.0 Å². The molecule has 1 saturated heterocycles. The molecule has 0 bridgehead atoms. The summed E-state index contributed by atoms with van der Waals surface area (Å²) in [6.07, 6.45) is 0. The van der Waals surface area contributed by atoms with E-state index in [9.17, 15) is 8.42 Å². The Morgan fingerprint density at radius 2 is 2.00 bits per heavy atom. The summed E-state index contributed by atoms with van der Waals surface area (Å²) in [5.41, 5.74) is 0.918. The molecule has 1 aliphatic rings. The van der Waals surface area contributed by atoms with Crippen LogP contribution in [0.5, 0.6) is 0 Å². The van der Waals surface area contributed by atoms with Crippen molar-refractivity contribution in [2.24, 2.45) is 0 Å². The van der Waals surface area contributed by atoms with Crippen molar-refractivity contribution >= 4 is 26.0 Å². The third-order valence-electron chi connectivity index (χ3n) is 3.26. The Hall–Kier alpha value is -0.470. The lowest BCUT2D eigenvalue weighted by Gasteiger charge is -2.27. The van der Waals surface area contributed by atoms with Gasteiger partial charge in [0.25, 0.3) is 0 Å². The third kappa shape index (κ3) is 4.53. The minimum Gasteiger partial charge on any atom is -0.314 e. The molecule has 0 unspecified atom stereocenters. The Labute approximate surface area is 128 Å². The summed E-state index contributed by atoms with van der Waals surface area (Å²) in [7, 11) is -3.43. The second-order valence-electron chi connectivity index (χ2n) is 4.95. The molecule has 0 aromatic heterocycles. The molecule has 0 saturated carbocycles. The number of hydrogen-bond acceptors (Lipinski definition) is 4. The summed E-state index contributed by atoms with van der Waals surface area (Å²) in [6, 6.07) is 5.19. The Morgan fingerprint density at radius 1 is 1.30 bits per heavy atom. The molecule has 0 amide bonds. The van der Waals surface area contributed by atoms with E-state index in [1.54, 1.807) is 12.1 Å². The standard InChI is InChI=1S/C13H20BrN3O2S/c1-11-8-12(14)10-13(9-11)20(18,19)16-4-7-17-5-2-15-3-6-17/h8-10,15-16H,2-7H2,1H3. The first kappa shape index (κ1) is 15.9. The van der Waals surface area contributed by atoms with E-state index in [2.05, 4.69) is 30.9 Å². The molecule has 1 aliphatic heterocycles. The number of benzene rings is 1. The maximum Gasteiger partial charge on any atom is 0.240 e. The largest absolute Gasteiger partial charge is 0.314 e. The molecular weight excluding hydrogens is 342 g/mol. The number of hydrogen-bond donors (Lipinski definition) is 2. The summed E-state index contributed by atoms with van der Waals surface area (Å²) in [5.74, 6) is 0. The van der Waals surface area contributed by atoms with Gasteiger partial charge in [0.15, 0.2) is 0 Å². The van der Waals surface area contributed by atoms with E-state index in [4.69, 9.17) is 0 Å². The molecule has 2 N–H and O–H groups in total. The maximum absolute atomic E-state index is 12.2. The summed E-state index contributed by atoms with van der Waals surface area (Å²) < 4.78 is 27.9. The second kappa shape index (κ2) is 7.00. The molecule has 1 aromatic carbocycles. The minimum absolute atomic E-state index is 0.310. The predicted octanol–water partition coefficient (Wildman–Crippen LogP) is 0.941. The van der Waals surface area contributed by atoms with Crippen LogP contribution in [0.4, 0.5) is 0 Å². The van der Waals surface area contributed by atoms with Crippen LogP contribution in [0.3, 0.4) is 0 Å². The van der Waals surface area contributed by atoms with Crippen LogP contribution in [0.25, 0.3) is 0 Å². The topological polar surface area (TPSA) is 61.4 Å². The second-order valence-corrected chi connectivity index (χ2v) is 7.64. The molecule has 2 rings (SSSR count). The van der Waals surface area contributed by atoms with Gasteiger partial charge in [-0.1, -0.05) is 15.9 Å². The molecule has 0 radical (unpaired) electrons. The van der Waals surface area contributed by atoms with E-state index < -0.39 is 10.0 Å². The fourth-order valence-electron chi connectivity index (χ4n) is 2.21. The van der Waals surface area contributed by atoms with Gasteiger partial charge in [0.1, 0.15) is 0 Å². The zero-order valence-electron chi connectivity index (χ0n) is 11.5. The first-order valence-electron chi connectivity index (χ1n) is 6.67. The Bertz CT molecular complexity index is 536. The predicted molar refractivity (Wildman–Crippen MR) is 83.4 cm³/mol. The zero-order valence-corrected chi connectivity index (χ0v) is 13.9. The summed E-state index contributed by atoms with van der Waals surface area (Å²) in [6.45, 7) is 6.94. The first-order chi connectivity index (χ1) is 9.47. The normalized spacial score (nSPS) is 17.3.